The van der Waals surface area contributed by atoms with Crippen molar-refractivity contribution >= 4 is 27.6 Å². The Morgan fingerprint density at radius 1 is 1.17 bits per heavy atom. The predicted molar refractivity (Wildman–Crippen MR) is 86.7 cm³/mol. The highest BCUT2D eigenvalue weighted by Gasteiger charge is 2.29. The van der Waals surface area contributed by atoms with E-state index >= 15 is 0 Å². The number of carboxylic acid groups (broad SMARTS) is 1. The van der Waals surface area contributed by atoms with E-state index in [1.165, 1.54) is 16.4 Å². The maximum atomic E-state index is 12.5. The van der Waals surface area contributed by atoms with Crippen LogP contribution in [-0.2, 0) is 19.6 Å². The number of rotatable bonds is 5. The summed E-state index contributed by atoms with van der Waals surface area (Å²) in [6.45, 7) is 4.92. The summed E-state index contributed by atoms with van der Waals surface area (Å²) in [6, 6.07) is 6.00. The highest BCUT2D eigenvalue weighted by molar-refractivity contribution is 7.89. The number of benzene rings is 1. The van der Waals surface area contributed by atoms with Gasteiger partial charge in [-0.1, -0.05) is 26.0 Å². The molecule has 1 heterocycles. The molecule has 1 aromatic carbocycles. The van der Waals surface area contributed by atoms with Crippen molar-refractivity contribution in [3.05, 3.63) is 24.3 Å². The summed E-state index contributed by atoms with van der Waals surface area (Å²) in [4.78, 5) is 22.0. The molecule has 2 N–H and O–H groups in total. The zero-order valence-electron chi connectivity index (χ0n) is 13.3. The molecule has 0 unspecified atom stereocenters. The Bertz CT molecular complexity index is 652. The number of anilines is 1. The summed E-state index contributed by atoms with van der Waals surface area (Å²) in [5.41, 5.74) is 0.107. The molecule has 1 aliphatic rings. The summed E-state index contributed by atoms with van der Waals surface area (Å²) in [6.07, 6.45) is 0.914. The van der Waals surface area contributed by atoms with Gasteiger partial charge in [-0.25, -0.2) is 8.42 Å². The Balaban J connectivity index is 0.00000127. The van der Waals surface area contributed by atoms with Crippen LogP contribution in [0.3, 0.4) is 0 Å². The second kappa shape index (κ2) is 8.64. The Morgan fingerprint density at radius 2 is 1.74 bits per heavy atom. The lowest BCUT2D eigenvalue weighted by atomic mass is 10.3. The van der Waals surface area contributed by atoms with Gasteiger partial charge >= 0.3 is 5.97 Å². The van der Waals surface area contributed by atoms with Crippen LogP contribution < -0.4 is 5.32 Å². The third-order valence-electron chi connectivity index (χ3n) is 3.16. The van der Waals surface area contributed by atoms with Crippen LogP contribution in [0.4, 0.5) is 5.69 Å². The van der Waals surface area contributed by atoms with Crippen molar-refractivity contribution in [2.45, 2.75) is 38.0 Å². The Hall–Kier alpha value is -1.93. The van der Waals surface area contributed by atoms with Crippen molar-refractivity contribution in [3.63, 3.8) is 0 Å². The minimum Gasteiger partial charge on any atom is -0.481 e. The molecule has 2 rings (SSSR count). The largest absolute Gasteiger partial charge is 0.481 e. The molecule has 0 radical (unpaired) electrons. The van der Waals surface area contributed by atoms with Gasteiger partial charge in [0.05, 0.1) is 5.69 Å². The van der Waals surface area contributed by atoms with Crippen LogP contribution in [0, 0.1) is 0 Å². The third-order valence-corrected chi connectivity index (χ3v) is 5.11. The lowest BCUT2D eigenvalue weighted by Crippen LogP contribution is -2.29. The maximum absolute atomic E-state index is 12.5. The van der Waals surface area contributed by atoms with E-state index in [4.69, 9.17) is 5.11 Å². The van der Waals surface area contributed by atoms with Gasteiger partial charge in [0.2, 0.25) is 15.9 Å². The van der Waals surface area contributed by atoms with Crippen molar-refractivity contribution in [1.29, 1.82) is 0 Å². The van der Waals surface area contributed by atoms with E-state index in [9.17, 15) is 18.0 Å². The zero-order valence-corrected chi connectivity index (χ0v) is 14.1. The van der Waals surface area contributed by atoms with Crippen molar-refractivity contribution in [1.82, 2.24) is 4.31 Å². The fraction of sp³-hybridized carbons (Fsp3) is 0.467. The van der Waals surface area contributed by atoms with Crippen molar-refractivity contribution in [3.8, 4) is 0 Å². The lowest BCUT2D eigenvalue weighted by Gasteiger charge is -2.18. The van der Waals surface area contributed by atoms with Gasteiger partial charge in [-0.05, 0) is 25.0 Å². The van der Waals surface area contributed by atoms with Crippen LogP contribution in [0.2, 0.25) is 0 Å². The number of para-hydroxylation sites is 1. The molecule has 7 nitrogen and oxygen atoms in total. The Kier molecular flexibility index (Phi) is 7.18. The first kappa shape index (κ1) is 19.1. The number of hydrogen-bond donors (Lipinski definition) is 2. The van der Waals surface area contributed by atoms with Crippen molar-refractivity contribution in [2.75, 3.05) is 18.4 Å². The van der Waals surface area contributed by atoms with Gasteiger partial charge in [-0.15, -0.1) is 0 Å². The van der Waals surface area contributed by atoms with Gasteiger partial charge in [-0.2, -0.15) is 4.31 Å². The number of aliphatic carboxylic acids is 1. The molecule has 0 bridgehead atoms. The van der Waals surface area contributed by atoms with Crippen LogP contribution in [-0.4, -0.2) is 42.8 Å². The fourth-order valence-electron chi connectivity index (χ4n) is 2.19. The highest BCUT2D eigenvalue weighted by Crippen LogP contribution is 2.27. The van der Waals surface area contributed by atoms with Crippen molar-refractivity contribution < 1.29 is 23.1 Å². The van der Waals surface area contributed by atoms with Crippen molar-refractivity contribution in [2.24, 2.45) is 0 Å². The van der Waals surface area contributed by atoms with E-state index < -0.39 is 28.3 Å². The molecule has 1 amide bonds. The fourth-order valence-corrected chi connectivity index (χ4v) is 3.86. The number of hydrogen-bond acceptors (Lipinski definition) is 4. The quantitative estimate of drug-likeness (QED) is 0.796. The smallest absolute Gasteiger partial charge is 0.312 e. The molecule has 0 aromatic heterocycles. The van der Waals surface area contributed by atoms with Crippen LogP contribution >= 0.6 is 0 Å². The molecule has 0 atom stereocenters. The molecule has 23 heavy (non-hydrogen) atoms. The summed E-state index contributed by atoms with van der Waals surface area (Å²) in [7, 11) is -3.67. The van der Waals surface area contributed by atoms with Gasteiger partial charge in [-0.3, -0.25) is 9.59 Å². The normalized spacial score (nSPS) is 14.7. The van der Waals surface area contributed by atoms with E-state index in [1.54, 1.807) is 12.1 Å². The van der Waals surface area contributed by atoms with E-state index in [-0.39, 0.29) is 10.6 Å². The number of sulfonamides is 1. The molecule has 128 valence electrons. The average Bonchev–Trinajstić information content (AvgIpc) is 3.04. The highest BCUT2D eigenvalue weighted by atomic mass is 32.2. The molecule has 1 fully saturated rings. The Labute approximate surface area is 136 Å². The van der Waals surface area contributed by atoms with Gasteiger partial charge in [0.1, 0.15) is 11.3 Å². The van der Waals surface area contributed by atoms with Gasteiger partial charge < -0.3 is 10.4 Å². The monoisotopic (exact) mass is 342 g/mol. The summed E-state index contributed by atoms with van der Waals surface area (Å²) < 4.78 is 26.4. The van der Waals surface area contributed by atoms with Crippen LogP contribution in [0.25, 0.3) is 0 Å². The van der Waals surface area contributed by atoms with E-state index in [2.05, 4.69) is 5.32 Å². The number of carbonyl (C=O) groups excluding carboxylic acids is 1. The number of carbonyl (C=O) groups is 2. The first-order valence-corrected chi connectivity index (χ1v) is 8.96. The minimum absolute atomic E-state index is 0.00867. The molecular weight excluding hydrogens is 320 g/mol. The molecule has 0 aliphatic carbocycles. The van der Waals surface area contributed by atoms with E-state index in [1.807, 2.05) is 13.8 Å². The summed E-state index contributed by atoms with van der Waals surface area (Å²) in [5, 5.41) is 10.9. The standard InChI is InChI=1S/C13H16N2O5S.C2H6/c16-12(9-13(17)18)14-10-5-1-2-6-11(10)21(19,20)15-7-3-4-8-15;1-2/h1-2,5-6H,3-4,7-9H2,(H,14,16)(H,17,18);1-2H3. The van der Waals surface area contributed by atoms with Crippen LogP contribution in [0.15, 0.2) is 29.2 Å². The third kappa shape index (κ3) is 5.04. The molecule has 8 heteroatoms. The SMILES string of the molecule is CC.O=C(O)CC(=O)Nc1ccccc1S(=O)(=O)N1CCCC1. The first-order chi connectivity index (χ1) is 10.9. The van der Waals surface area contributed by atoms with Crippen LogP contribution in [0.5, 0.6) is 0 Å². The summed E-state index contributed by atoms with van der Waals surface area (Å²) >= 11 is 0. The second-order valence-electron chi connectivity index (χ2n) is 4.73. The van der Waals surface area contributed by atoms with Gasteiger partial charge in [0.15, 0.2) is 0 Å². The zero-order chi connectivity index (χ0) is 17.5. The average molecular weight is 342 g/mol. The predicted octanol–water partition coefficient (Wildman–Crippen LogP) is 1.91. The molecule has 1 saturated heterocycles. The van der Waals surface area contributed by atoms with E-state index in [0.717, 1.165) is 12.8 Å². The van der Waals surface area contributed by atoms with Gasteiger partial charge in [0.25, 0.3) is 0 Å². The number of nitrogens with one attached hydrogen (secondary N) is 1. The first-order valence-electron chi connectivity index (χ1n) is 7.52. The summed E-state index contributed by atoms with van der Waals surface area (Å²) in [5.74, 6) is -2.03. The number of amides is 1. The Morgan fingerprint density at radius 3 is 2.30 bits per heavy atom. The molecule has 1 aliphatic heterocycles. The number of carboxylic acids is 1. The second-order valence-corrected chi connectivity index (χ2v) is 6.63. The topological polar surface area (TPSA) is 104 Å². The molecular formula is C15H22N2O5S. The van der Waals surface area contributed by atoms with E-state index in [0.29, 0.717) is 13.1 Å². The molecule has 1 aromatic rings. The lowest BCUT2D eigenvalue weighted by molar-refractivity contribution is -0.139. The molecule has 0 saturated carbocycles. The van der Waals surface area contributed by atoms with Crippen LogP contribution in [0.1, 0.15) is 33.1 Å². The minimum atomic E-state index is -3.67. The maximum Gasteiger partial charge on any atom is 0.312 e. The molecule has 0 spiro atoms. The van der Waals surface area contributed by atoms with Gasteiger partial charge in [0, 0.05) is 13.1 Å². The number of nitrogens with zero attached hydrogens (tertiary/aromatic N) is 1.